The highest BCUT2D eigenvalue weighted by molar-refractivity contribution is 6.09. The van der Waals surface area contributed by atoms with Gasteiger partial charge in [-0.15, -0.1) is 0 Å². The number of aromatic nitrogens is 2. The van der Waals surface area contributed by atoms with E-state index in [1.54, 1.807) is 0 Å². The van der Waals surface area contributed by atoms with Gasteiger partial charge in [0.25, 0.3) is 0 Å². The second-order valence-electron chi connectivity index (χ2n) is 13.2. The molecule has 10 rings (SSSR count). The fraction of sp³-hybridized carbons (Fsp3) is 0. The second kappa shape index (κ2) is 12.9. The van der Waals surface area contributed by atoms with Gasteiger partial charge in [-0.2, -0.15) is 0 Å². The van der Waals surface area contributed by atoms with Crippen molar-refractivity contribution in [2.75, 3.05) is 4.90 Å². The fourth-order valence-electron chi connectivity index (χ4n) is 7.48. The smallest absolute Gasteiger partial charge is 0.143 e. The summed E-state index contributed by atoms with van der Waals surface area (Å²) in [6.45, 7) is 0. The first-order valence-electron chi connectivity index (χ1n) is 17.9. The van der Waals surface area contributed by atoms with Crippen molar-refractivity contribution in [3.8, 4) is 44.8 Å². The summed E-state index contributed by atoms with van der Waals surface area (Å²) >= 11 is 0. The lowest BCUT2D eigenvalue weighted by Crippen LogP contribution is -2.09. The molecule has 10 aromatic rings. The van der Waals surface area contributed by atoms with Gasteiger partial charge in [0.05, 0.1) is 11.4 Å². The molecule has 0 aliphatic heterocycles. The van der Waals surface area contributed by atoms with Crippen LogP contribution in [0.1, 0.15) is 0 Å². The monoisotopic (exact) mass is 679 g/mol. The summed E-state index contributed by atoms with van der Waals surface area (Å²) in [5.41, 5.74) is 14.8. The van der Waals surface area contributed by atoms with Crippen molar-refractivity contribution in [1.29, 1.82) is 0 Å². The molecule has 4 heteroatoms. The Morgan fingerprint density at radius 3 is 1.72 bits per heavy atom. The Morgan fingerprint density at radius 1 is 0.415 bits per heavy atom. The lowest BCUT2D eigenvalue weighted by atomic mass is 9.98. The van der Waals surface area contributed by atoms with Crippen molar-refractivity contribution in [3.05, 3.63) is 200 Å². The van der Waals surface area contributed by atoms with Crippen LogP contribution in [0.4, 0.5) is 17.1 Å². The fourth-order valence-corrected chi connectivity index (χ4v) is 7.48. The van der Waals surface area contributed by atoms with Crippen LogP contribution in [0, 0.1) is 0 Å². The molecule has 3 aromatic heterocycles. The van der Waals surface area contributed by atoms with Gasteiger partial charge < -0.3 is 9.32 Å². The van der Waals surface area contributed by atoms with Crippen LogP contribution >= 0.6 is 0 Å². The average Bonchev–Trinajstić information content (AvgIpc) is 3.82. The lowest BCUT2D eigenvalue weighted by molar-refractivity contribution is 0.670. The zero-order valence-corrected chi connectivity index (χ0v) is 28.8. The molecule has 0 aliphatic carbocycles. The van der Waals surface area contributed by atoms with Crippen molar-refractivity contribution in [2.24, 2.45) is 0 Å². The Bertz CT molecular complexity index is 2850. The van der Waals surface area contributed by atoms with E-state index in [-0.39, 0.29) is 0 Å². The highest BCUT2D eigenvalue weighted by Gasteiger charge is 2.18. The van der Waals surface area contributed by atoms with Gasteiger partial charge in [-0.3, -0.25) is 4.40 Å². The van der Waals surface area contributed by atoms with Gasteiger partial charge >= 0.3 is 0 Å². The normalized spacial score (nSPS) is 11.4. The molecule has 4 nitrogen and oxygen atoms in total. The predicted octanol–water partition coefficient (Wildman–Crippen LogP) is 13.4. The number of hydrogen-bond acceptors (Lipinski definition) is 3. The molecule has 0 unspecified atom stereocenters. The average molecular weight is 680 g/mol. The van der Waals surface area contributed by atoms with Crippen LogP contribution in [-0.4, -0.2) is 9.38 Å². The van der Waals surface area contributed by atoms with Crippen molar-refractivity contribution >= 4 is 44.6 Å². The first kappa shape index (κ1) is 30.6. The minimum atomic E-state index is 0.913. The van der Waals surface area contributed by atoms with Gasteiger partial charge in [0, 0.05) is 50.7 Å². The van der Waals surface area contributed by atoms with Crippen LogP contribution in [-0.2, 0) is 0 Å². The van der Waals surface area contributed by atoms with Crippen LogP contribution < -0.4 is 4.90 Å². The molecule has 0 spiro atoms. The molecule has 0 fully saturated rings. The molecule has 0 aliphatic rings. The predicted molar refractivity (Wildman–Crippen MR) is 219 cm³/mol. The Kier molecular flexibility index (Phi) is 7.43. The number of anilines is 3. The largest absolute Gasteiger partial charge is 0.455 e. The SMILES string of the molecule is c1ccc(-c2nc3ccccn3c2-c2ccc(N(c3ccccc3)c3ccc(-c4ccc(-c5cccc6c5oc5ccccc56)cc4)cc3)cc2)cc1. The molecule has 3 heterocycles. The highest BCUT2D eigenvalue weighted by atomic mass is 16.3. The Hall–Kier alpha value is -7.17. The van der Waals surface area contributed by atoms with Crippen LogP contribution in [0.2, 0.25) is 0 Å². The number of furan rings is 1. The van der Waals surface area contributed by atoms with E-state index in [4.69, 9.17) is 9.40 Å². The first-order valence-corrected chi connectivity index (χ1v) is 17.9. The van der Waals surface area contributed by atoms with E-state index >= 15 is 0 Å². The molecule has 53 heavy (non-hydrogen) atoms. The maximum Gasteiger partial charge on any atom is 0.143 e. The zero-order valence-electron chi connectivity index (χ0n) is 28.8. The van der Waals surface area contributed by atoms with E-state index in [2.05, 4.69) is 185 Å². The second-order valence-corrected chi connectivity index (χ2v) is 13.2. The maximum atomic E-state index is 6.32. The minimum Gasteiger partial charge on any atom is -0.455 e. The van der Waals surface area contributed by atoms with E-state index in [0.29, 0.717) is 0 Å². The molecule has 0 saturated carbocycles. The van der Waals surface area contributed by atoms with Crippen molar-refractivity contribution < 1.29 is 4.42 Å². The molecule has 0 N–H and O–H groups in total. The topological polar surface area (TPSA) is 33.7 Å². The molecule has 0 saturated heterocycles. The summed E-state index contributed by atoms with van der Waals surface area (Å²) in [5.74, 6) is 0. The lowest BCUT2D eigenvalue weighted by Gasteiger charge is -2.26. The third kappa shape index (κ3) is 5.45. The molecule has 0 amide bonds. The highest BCUT2D eigenvalue weighted by Crippen LogP contribution is 2.40. The van der Waals surface area contributed by atoms with Crippen molar-refractivity contribution in [1.82, 2.24) is 9.38 Å². The van der Waals surface area contributed by atoms with Crippen molar-refractivity contribution in [2.45, 2.75) is 0 Å². The summed E-state index contributed by atoms with van der Waals surface area (Å²) in [6, 6.07) is 68.1. The van der Waals surface area contributed by atoms with Gasteiger partial charge in [-0.1, -0.05) is 140 Å². The standard InChI is InChI=1S/C49H33N3O/c1-3-12-37(13-4-1)47-48(51-33-10-9-20-46(51)50-47)38-27-31-41(32-28-38)52(39-14-5-2-6-15-39)40-29-25-35(26-30-40)34-21-23-36(24-22-34)42-17-11-18-44-43-16-7-8-19-45(43)53-49(42)44/h1-33H. The third-order valence-electron chi connectivity index (χ3n) is 10.0. The number of pyridine rings is 1. The van der Waals surface area contributed by atoms with Crippen LogP contribution in [0.5, 0.6) is 0 Å². The number of fused-ring (bicyclic) bond motifs is 4. The quantitative estimate of drug-likeness (QED) is 0.168. The first-order chi connectivity index (χ1) is 26.3. The van der Waals surface area contributed by atoms with Crippen LogP contribution in [0.15, 0.2) is 205 Å². The van der Waals surface area contributed by atoms with E-state index in [1.807, 2.05) is 24.3 Å². The maximum absolute atomic E-state index is 6.32. The summed E-state index contributed by atoms with van der Waals surface area (Å²) in [5, 5.41) is 2.29. The van der Waals surface area contributed by atoms with E-state index in [1.165, 1.54) is 0 Å². The van der Waals surface area contributed by atoms with E-state index in [9.17, 15) is 0 Å². The number of hydrogen-bond donors (Lipinski definition) is 0. The minimum absolute atomic E-state index is 0.913. The number of benzene rings is 7. The van der Waals surface area contributed by atoms with Gasteiger partial charge in [0.15, 0.2) is 0 Å². The van der Waals surface area contributed by atoms with Gasteiger partial charge in [0.2, 0.25) is 0 Å². The number of rotatable bonds is 7. The zero-order chi connectivity index (χ0) is 35.1. The Balaban J connectivity index is 0.977. The Morgan fingerprint density at radius 2 is 0.981 bits per heavy atom. The molecular weight excluding hydrogens is 647 g/mol. The summed E-state index contributed by atoms with van der Waals surface area (Å²) in [4.78, 5) is 7.34. The summed E-state index contributed by atoms with van der Waals surface area (Å²) in [6.07, 6.45) is 2.09. The van der Waals surface area contributed by atoms with E-state index in [0.717, 1.165) is 89.4 Å². The molecule has 0 bridgehead atoms. The number of nitrogens with zero attached hydrogens (tertiary/aromatic N) is 3. The van der Waals surface area contributed by atoms with Gasteiger partial charge in [-0.05, 0) is 71.3 Å². The van der Waals surface area contributed by atoms with Gasteiger partial charge in [0.1, 0.15) is 16.8 Å². The number of para-hydroxylation sites is 3. The molecule has 250 valence electrons. The van der Waals surface area contributed by atoms with Crippen LogP contribution in [0.3, 0.4) is 0 Å². The van der Waals surface area contributed by atoms with Crippen molar-refractivity contribution in [3.63, 3.8) is 0 Å². The van der Waals surface area contributed by atoms with E-state index < -0.39 is 0 Å². The number of imidazole rings is 1. The van der Waals surface area contributed by atoms with Crippen LogP contribution in [0.25, 0.3) is 72.4 Å². The summed E-state index contributed by atoms with van der Waals surface area (Å²) in [7, 11) is 0. The summed E-state index contributed by atoms with van der Waals surface area (Å²) < 4.78 is 8.50. The molecular formula is C49H33N3O. The molecule has 0 radical (unpaired) electrons. The molecule has 7 aromatic carbocycles. The van der Waals surface area contributed by atoms with Gasteiger partial charge in [-0.25, -0.2) is 4.98 Å². The Labute approximate surface area is 307 Å². The third-order valence-corrected chi connectivity index (χ3v) is 10.0. The molecule has 0 atom stereocenters.